The highest BCUT2D eigenvalue weighted by molar-refractivity contribution is 5.28. The molecular formula is C29H48O2. The first-order valence-electron chi connectivity index (χ1n) is 13.4. The van der Waals surface area contributed by atoms with Gasteiger partial charge in [-0.25, -0.2) is 0 Å². The molecule has 3 saturated carbocycles. The number of fused-ring (bicyclic) bond motifs is 5. The van der Waals surface area contributed by atoms with Crippen molar-refractivity contribution in [2.75, 3.05) is 0 Å². The molecule has 0 bridgehead atoms. The molecule has 0 heterocycles. The van der Waals surface area contributed by atoms with Crippen molar-refractivity contribution in [3.05, 3.63) is 23.8 Å². The van der Waals surface area contributed by atoms with Crippen LogP contribution in [0, 0.1) is 52.3 Å². The number of aliphatic hydroxyl groups excluding tert-OH is 2. The van der Waals surface area contributed by atoms with Gasteiger partial charge in [0.25, 0.3) is 0 Å². The van der Waals surface area contributed by atoms with Crippen molar-refractivity contribution in [2.45, 2.75) is 105 Å². The van der Waals surface area contributed by atoms with Crippen LogP contribution in [0.15, 0.2) is 23.8 Å². The van der Waals surface area contributed by atoms with Gasteiger partial charge >= 0.3 is 0 Å². The Morgan fingerprint density at radius 1 is 1.00 bits per heavy atom. The van der Waals surface area contributed by atoms with Gasteiger partial charge in [0.2, 0.25) is 0 Å². The van der Waals surface area contributed by atoms with E-state index in [2.05, 4.69) is 59.8 Å². The third-order valence-corrected chi connectivity index (χ3v) is 10.8. The summed E-state index contributed by atoms with van der Waals surface area (Å²) in [7, 11) is 0. The van der Waals surface area contributed by atoms with Crippen LogP contribution in [0.5, 0.6) is 0 Å². The molecule has 3 fully saturated rings. The zero-order valence-corrected chi connectivity index (χ0v) is 21.0. The van der Waals surface area contributed by atoms with E-state index in [4.69, 9.17) is 0 Å². The first-order valence-corrected chi connectivity index (χ1v) is 13.4. The van der Waals surface area contributed by atoms with Gasteiger partial charge in [0.05, 0.1) is 12.2 Å². The molecule has 0 spiro atoms. The lowest BCUT2D eigenvalue weighted by Crippen LogP contribution is -2.54. The number of allylic oxidation sites excluding steroid dienone is 2. The van der Waals surface area contributed by atoms with Crippen molar-refractivity contribution >= 4 is 0 Å². The van der Waals surface area contributed by atoms with E-state index >= 15 is 0 Å². The molecular weight excluding hydrogens is 380 g/mol. The van der Waals surface area contributed by atoms with Crippen LogP contribution in [0.1, 0.15) is 92.9 Å². The molecule has 0 aromatic carbocycles. The third kappa shape index (κ3) is 3.88. The highest BCUT2D eigenvalue weighted by Crippen LogP contribution is 2.67. The zero-order valence-electron chi connectivity index (χ0n) is 21.0. The predicted octanol–water partition coefficient (Wildman–Crippen LogP) is 6.77. The second kappa shape index (κ2) is 8.64. The molecule has 10 atom stereocenters. The largest absolute Gasteiger partial charge is 0.393 e. The monoisotopic (exact) mass is 428 g/mol. The molecule has 0 aromatic heterocycles. The first-order chi connectivity index (χ1) is 14.6. The maximum absolute atomic E-state index is 11.3. The van der Waals surface area contributed by atoms with Crippen molar-refractivity contribution in [3.63, 3.8) is 0 Å². The summed E-state index contributed by atoms with van der Waals surface area (Å²) in [5.74, 6) is 4.38. The highest BCUT2D eigenvalue weighted by atomic mass is 16.3. The molecule has 0 unspecified atom stereocenters. The quantitative estimate of drug-likeness (QED) is 0.474. The second-order valence-corrected chi connectivity index (χ2v) is 12.6. The Balaban J connectivity index is 1.56. The molecule has 0 amide bonds. The summed E-state index contributed by atoms with van der Waals surface area (Å²) in [6, 6.07) is 0. The topological polar surface area (TPSA) is 40.5 Å². The molecule has 0 radical (unpaired) electrons. The molecule has 176 valence electrons. The lowest BCUT2D eigenvalue weighted by Gasteiger charge is -2.59. The van der Waals surface area contributed by atoms with Crippen LogP contribution in [-0.4, -0.2) is 22.4 Å². The van der Waals surface area contributed by atoms with Gasteiger partial charge in [-0.1, -0.05) is 65.3 Å². The van der Waals surface area contributed by atoms with Crippen molar-refractivity contribution in [3.8, 4) is 0 Å². The third-order valence-electron chi connectivity index (χ3n) is 10.8. The molecule has 0 aromatic rings. The van der Waals surface area contributed by atoms with Gasteiger partial charge in [0.15, 0.2) is 0 Å². The van der Waals surface area contributed by atoms with Crippen molar-refractivity contribution < 1.29 is 10.2 Å². The standard InChI is InChI=1S/C29H48O2/c1-7-20(18(2)3)9-8-19(4)23-10-11-24-27-25(13-15-29(23,24)6)28(5)14-12-22(30)16-21(28)17-26(27)31/h8-9,17-20,22-27,30-31H,7,10-16H2,1-6H3/b9-8-/t19-,20-,22+,23-,24+,25+,26+,27+,28+,29-/m1/s1. The van der Waals surface area contributed by atoms with Crippen LogP contribution < -0.4 is 0 Å². The van der Waals surface area contributed by atoms with Crippen molar-refractivity contribution in [2.24, 2.45) is 52.3 Å². The van der Waals surface area contributed by atoms with Gasteiger partial charge in [0, 0.05) is 0 Å². The summed E-state index contributed by atoms with van der Waals surface area (Å²) in [5.41, 5.74) is 1.90. The number of hydrogen-bond donors (Lipinski definition) is 2. The zero-order chi connectivity index (χ0) is 22.6. The minimum Gasteiger partial charge on any atom is -0.393 e. The molecule has 2 N–H and O–H groups in total. The van der Waals surface area contributed by atoms with Gasteiger partial charge < -0.3 is 10.2 Å². The molecule has 0 aliphatic heterocycles. The summed E-state index contributed by atoms with van der Waals surface area (Å²) in [6.45, 7) is 14.5. The average molecular weight is 429 g/mol. The molecule has 2 nitrogen and oxygen atoms in total. The summed E-state index contributed by atoms with van der Waals surface area (Å²) in [4.78, 5) is 0. The van der Waals surface area contributed by atoms with E-state index in [0.717, 1.165) is 25.2 Å². The highest BCUT2D eigenvalue weighted by Gasteiger charge is 2.61. The Bertz CT molecular complexity index is 708. The Morgan fingerprint density at radius 3 is 2.42 bits per heavy atom. The second-order valence-electron chi connectivity index (χ2n) is 12.6. The maximum atomic E-state index is 11.3. The fraction of sp³-hybridized carbons (Fsp3) is 0.862. The summed E-state index contributed by atoms with van der Waals surface area (Å²) < 4.78 is 0. The minimum atomic E-state index is -0.321. The van der Waals surface area contributed by atoms with Gasteiger partial charge in [-0.15, -0.1) is 0 Å². The molecule has 31 heavy (non-hydrogen) atoms. The van der Waals surface area contributed by atoms with E-state index in [9.17, 15) is 10.2 Å². The molecule has 2 heteroatoms. The normalized spacial score (nSPS) is 46.9. The van der Waals surface area contributed by atoms with Gasteiger partial charge in [-0.05, 0) is 104 Å². The van der Waals surface area contributed by atoms with Crippen LogP contribution in [0.25, 0.3) is 0 Å². The summed E-state index contributed by atoms with van der Waals surface area (Å²) >= 11 is 0. The number of hydrogen-bond acceptors (Lipinski definition) is 2. The van der Waals surface area contributed by atoms with Gasteiger partial charge in [-0.3, -0.25) is 0 Å². The van der Waals surface area contributed by atoms with E-state index < -0.39 is 0 Å². The summed E-state index contributed by atoms with van der Waals surface area (Å²) in [5, 5.41) is 21.6. The smallest absolute Gasteiger partial charge is 0.0757 e. The number of rotatable bonds is 5. The van der Waals surface area contributed by atoms with Crippen LogP contribution in [-0.2, 0) is 0 Å². The Kier molecular flexibility index (Phi) is 6.56. The van der Waals surface area contributed by atoms with Crippen LogP contribution in [0.2, 0.25) is 0 Å². The molecule has 0 saturated heterocycles. The fourth-order valence-electron chi connectivity index (χ4n) is 8.82. The average Bonchev–Trinajstić information content (AvgIpc) is 3.06. The van der Waals surface area contributed by atoms with Crippen molar-refractivity contribution in [1.82, 2.24) is 0 Å². The Hall–Kier alpha value is -0.600. The Labute approximate surface area is 191 Å². The predicted molar refractivity (Wildman–Crippen MR) is 130 cm³/mol. The van der Waals surface area contributed by atoms with E-state index in [0.29, 0.717) is 40.9 Å². The Morgan fingerprint density at radius 2 is 1.74 bits per heavy atom. The first kappa shape index (κ1) is 23.6. The lowest BCUT2D eigenvalue weighted by atomic mass is 9.46. The SMILES string of the molecule is CC[C@H](/C=C\[C@@H](C)[C@H]1CC[C@H]2[C@@H]3[C@@H](O)C=C4C[C@@H](O)CC[C@]4(C)[C@H]3CC[C@]12C)C(C)C. The van der Waals surface area contributed by atoms with Crippen LogP contribution in [0.4, 0.5) is 0 Å². The van der Waals surface area contributed by atoms with Crippen LogP contribution >= 0.6 is 0 Å². The van der Waals surface area contributed by atoms with Gasteiger partial charge in [-0.2, -0.15) is 0 Å². The van der Waals surface area contributed by atoms with E-state index in [1.807, 2.05) is 0 Å². The van der Waals surface area contributed by atoms with Crippen molar-refractivity contribution in [1.29, 1.82) is 0 Å². The van der Waals surface area contributed by atoms with Crippen LogP contribution in [0.3, 0.4) is 0 Å². The van der Waals surface area contributed by atoms with Gasteiger partial charge in [0.1, 0.15) is 0 Å². The number of aliphatic hydroxyl groups is 2. The lowest BCUT2D eigenvalue weighted by molar-refractivity contribution is -0.0950. The van der Waals surface area contributed by atoms with E-state index in [1.165, 1.54) is 37.7 Å². The summed E-state index contributed by atoms with van der Waals surface area (Å²) in [6.07, 6.45) is 15.9. The maximum Gasteiger partial charge on any atom is 0.0757 e. The molecule has 4 aliphatic carbocycles. The van der Waals surface area contributed by atoms with E-state index in [1.54, 1.807) is 0 Å². The molecule has 4 aliphatic rings. The van der Waals surface area contributed by atoms with E-state index in [-0.39, 0.29) is 17.6 Å². The minimum absolute atomic E-state index is 0.194. The molecule has 4 rings (SSSR count). The fourth-order valence-corrected chi connectivity index (χ4v) is 8.82.